The lowest BCUT2D eigenvalue weighted by atomic mass is 10.1. The van der Waals surface area contributed by atoms with Gasteiger partial charge in [0.2, 0.25) is 5.91 Å². The van der Waals surface area contributed by atoms with E-state index in [0.29, 0.717) is 13.1 Å². The maximum atomic E-state index is 12.5. The fourth-order valence-corrected chi connectivity index (χ4v) is 2.45. The van der Waals surface area contributed by atoms with Gasteiger partial charge < -0.3 is 10.2 Å². The number of nitrogens with one attached hydrogen (secondary N) is 1. The highest BCUT2D eigenvalue weighted by Gasteiger charge is 2.32. The molecule has 1 aliphatic heterocycles. The number of non-ortho nitro benzene ring substituents is 1. The van der Waals surface area contributed by atoms with Crippen LogP contribution < -0.4 is 5.32 Å². The van der Waals surface area contributed by atoms with Gasteiger partial charge in [-0.1, -0.05) is 23.2 Å². The first kappa shape index (κ1) is 15.5. The fraction of sp³-hybridized carbons (Fsp3) is 0.333. The van der Waals surface area contributed by atoms with E-state index in [1.54, 1.807) is 6.92 Å². The molecule has 1 aromatic carbocycles. The van der Waals surface area contributed by atoms with Crippen LogP contribution in [0.5, 0.6) is 0 Å². The van der Waals surface area contributed by atoms with Crippen LogP contribution in [-0.2, 0) is 4.79 Å². The Labute approximate surface area is 130 Å². The average molecular weight is 332 g/mol. The van der Waals surface area contributed by atoms with Crippen molar-refractivity contribution in [1.29, 1.82) is 0 Å². The second-order valence-electron chi connectivity index (χ2n) is 4.51. The molecule has 21 heavy (non-hydrogen) atoms. The predicted octanol–water partition coefficient (Wildman–Crippen LogP) is 1.86. The van der Waals surface area contributed by atoms with E-state index < -0.39 is 16.9 Å². The Kier molecular flexibility index (Phi) is 4.34. The lowest BCUT2D eigenvalue weighted by Gasteiger charge is -2.33. The zero-order valence-electron chi connectivity index (χ0n) is 10.9. The molecule has 2 amide bonds. The normalized spacial score (nSPS) is 18.3. The van der Waals surface area contributed by atoms with Gasteiger partial charge in [-0.3, -0.25) is 19.7 Å². The van der Waals surface area contributed by atoms with Gasteiger partial charge in [-0.05, 0) is 6.92 Å². The molecular formula is C12H11Cl2N3O4. The standard InChI is InChI=1S/C12H11Cl2N3O4/c1-6-11(18)15-2-3-16(6)12(19)8-4-7(17(20)21)5-9(13)10(8)14/h4-6H,2-3H2,1H3,(H,15,18). The van der Waals surface area contributed by atoms with E-state index in [0.717, 1.165) is 12.1 Å². The second-order valence-corrected chi connectivity index (χ2v) is 5.30. The van der Waals surface area contributed by atoms with Crippen LogP contribution in [0.15, 0.2) is 12.1 Å². The topological polar surface area (TPSA) is 92.6 Å². The molecule has 1 heterocycles. The second kappa shape index (κ2) is 5.87. The molecule has 1 aromatic rings. The number of rotatable bonds is 2. The summed E-state index contributed by atoms with van der Waals surface area (Å²) in [5.74, 6) is -0.852. The highest BCUT2D eigenvalue weighted by atomic mass is 35.5. The van der Waals surface area contributed by atoms with E-state index in [2.05, 4.69) is 5.32 Å². The van der Waals surface area contributed by atoms with Gasteiger partial charge in [0.05, 0.1) is 20.5 Å². The molecule has 1 unspecified atom stereocenters. The van der Waals surface area contributed by atoms with E-state index in [-0.39, 0.29) is 27.2 Å². The molecule has 0 bridgehead atoms. The monoisotopic (exact) mass is 331 g/mol. The summed E-state index contributed by atoms with van der Waals surface area (Å²) in [6, 6.07) is 1.46. The third kappa shape index (κ3) is 2.93. The SMILES string of the molecule is CC1C(=O)NCCN1C(=O)c1cc([N+](=O)[O-])cc(Cl)c1Cl. The number of carbonyl (C=O) groups excluding carboxylic acids is 2. The minimum atomic E-state index is -0.680. The minimum absolute atomic E-state index is 0.0644. The van der Waals surface area contributed by atoms with E-state index in [1.807, 2.05) is 0 Å². The van der Waals surface area contributed by atoms with Crippen LogP contribution in [0.1, 0.15) is 17.3 Å². The molecule has 2 rings (SSSR count). The minimum Gasteiger partial charge on any atom is -0.353 e. The Morgan fingerprint density at radius 1 is 1.48 bits per heavy atom. The molecule has 0 radical (unpaired) electrons. The summed E-state index contributed by atoms with van der Waals surface area (Å²) in [4.78, 5) is 35.6. The Balaban J connectivity index is 2.43. The number of hydrogen-bond donors (Lipinski definition) is 1. The maximum Gasteiger partial charge on any atom is 0.271 e. The zero-order valence-corrected chi connectivity index (χ0v) is 12.4. The van der Waals surface area contributed by atoms with Gasteiger partial charge in [0.15, 0.2) is 0 Å². The Hall–Kier alpha value is -1.86. The van der Waals surface area contributed by atoms with Crippen LogP contribution in [0.2, 0.25) is 10.0 Å². The van der Waals surface area contributed by atoms with E-state index in [9.17, 15) is 19.7 Å². The Bertz CT molecular complexity index is 635. The summed E-state index contributed by atoms with van der Waals surface area (Å²) in [7, 11) is 0. The molecule has 1 atom stereocenters. The zero-order chi connectivity index (χ0) is 15.7. The van der Waals surface area contributed by atoms with Crippen molar-refractivity contribution in [3.8, 4) is 0 Å². The number of benzene rings is 1. The van der Waals surface area contributed by atoms with Crippen molar-refractivity contribution >= 4 is 40.7 Å². The van der Waals surface area contributed by atoms with E-state index in [4.69, 9.17) is 23.2 Å². The summed E-state index contributed by atoms with van der Waals surface area (Å²) in [5, 5.41) is 13.3. The summed E-state index contributed by atoms with van der Waals surface area (Å²) < 4.78 is 0. The summed E-state index contributed by atoms with van der Waals surface area (Å²) in [5.41, 5.74) is -0.417. The van der Waals surface area contributed by atoms with Gasteiger partial charge >= 0.3 is 0 Å². The number of piperazine rings is 1. The van der Waals surface area contributed by atoms with Crippen molar-refractivity contribution in [1.82, 2.24) is 10.2 Å². The lowest BCUT2D eigenvalue weighted by molar-refractivity contribution is -0.384. The molecule has 9 heteroatoms. The van der Waals surface area contributed by atoms with Crippen molar-refractivity contribution in [2.75, 3.05) is 13.1 Å². The van der Waals surface area contributed by atoms with Gasteiger partial charge in [0.25, 0.3) is 11.6 Å². The van der Waals surface area contributed by atoms with Crippen molar-refractivity contribution in [3.05, 3.63) is 37.9 Å². The number of amides is 2. The predicted molar refractivity (Wildman–Crippen MR) is 76.6 cm³/mol. The molecule has 0 aromatic heterocycles. The summed E-state index contributed by atoms with van der Waals surface area (Å²) in [6.45, 7) is 2.18. The number of nitrogens with zero attached hydrogens (tertiary/aromatic N) is 2. The van der Waals surface area contributed by atoms with Gasteiger partial charge in [-0.25, -0.2) is 0 Å². The van der Waals surface area contributed by atoms with E-state index in [1.165, 1.54) is 4.90 Å². The summed E-state index contributed by atoms with van der Waals surface area (Å²) >= 11 is 11.8. The number of nitro benzene ring substituents is 1. The first-order valence-electron chi connectivity index (χ1n) is 6.05. The highest BCUT2D eigenvalue weighted by molar-refractivity contribution is 6.44. The van der Waals surface area contributed by atoms with Crippen molar-refractivity contribution < 1.29 is 14.5 Å². The first-order chi connectivity index (χ1) is 9.82. The molecule has 112 valence electrons. The lowest BCUT2D eigenvalue weighted by Crippen LogP contribution is -2.55. The molecule has 1 saturated heterocycles. The molecule has 1 aliphatic rings. The smallest absolute Gasteiger partial charge is 0.271 e. The summed E-state index contributed by atoms with van der Waals surface area (Å²) in [6.07, 6.45) is 0. The fourth-order valence-electron chi connectivity index (χ4n) is 2.05. The molecular weight excluding hydrogens is 321 g/mol. The van der Waals surface area contributed by atoms with Crippen LogP contribution in [0.3, 0.4) is 0 Å². The van der Waals surface area contributed by atoms with Gasteiger partial charge in [0, 0.05) is 25.2 Å². The van der Waals surface area contributed by atoms with Crippen molar-refractivity contribution in [2.24, 2.45) is 0 Å². The number of halogens is 2. The quantitative estimate of drug-likeness (QED) is 0.661. The molecule has 1 N–H and O–H groups in total. The largest absolute Gasteiger partial charge is 0.353 e. The molecule has 0 saturated carbocycles. The number of nitro groups is 1. The maximum absolute atomic E-state index is 12.5. The van der Waals surface area contributed by atoms with Crippen molar-refractivity contribution in [2.45, 2.75) is 13.0 Å². The average Bonchev–Trinajstić information content (AvgIpc) is 2.43. The number of hydrogen-bond acceptors (Lipinski definition) is 4. The van der Waals surface area contributed by atoms with E-state index >= 15 is 0 Å². The molecule has 7 nitrogen and oxygen atoms in total. The first-order valence-corrected chi connectivity index (χ1v) is 6.80. The van der Waals surface area contributed by atoms with Crippen LogP contribution in [0, 0.1) is 10.1 Å². The van der Waals surface area contributed by atoms with Crippen molar-refractivity contribution in [3.63, 3.8) is 0 Å². The van der Waals surface area contributed by atoms with Crippen LogP contribution in [-0.4, -0.2) is 40.8 Å². The third-order valence-corrected chi connectivity index (χ3v) is 4.02. The van der Waals surface area contributed by atoms with Gasteiger partial charge in [0.1, 0.15) is 6.04 Å². The molecule has 1 fully saturated rings. The number of carbonyl (C=O) groups is 2. The van der Waals surface area contributed by atoms with Crippen LogP contribution in [0.4, 0.5) is 5.69 Å². The van der Waals surface area contributed by atoms with Crippen LogP contribution >= 0.6 is 23.2 Å². The Morgan fingerprint density at radius 3 is 2.76 bits per heavy atom. The molecule has 0 aliphatic carbocycles. The van der Waals surface area contributed by atoms with Gasteiger partial charge in [-0.2, -0.15) is 0 Å². The van der Waals surface area contributed by atoms with Gasteiger partial charge in [-0.15, -0.1) is 0 Å². The highest BCUT2D eigenvalue weighted by Crippen LogP contribution is 2.32. The molecule has 0 spiro atoms. The van der Waals surface area contributed by atoms with Crippen LogP contribution in [0.25, 0.3) is 0 Å². The third-order valence-electron chi connectivity index (χ3n) is 3.21. The Morgan fingerprint density at radius 2 is 2.14 bits per heavy atom.